The largest absolute Gasteiger partial charge is 0.495 e. The molecule has 0 saturated carbocycles. The zero-order valence-electron chi connectivity index (χ0n) is 10.1. The van der Waals surface area contributed by atoms with Crippen molar-refractivity contribution in [1.29, 1.82) is 0 Å². The zero-order chi connectivity index (χ0) is 14.2. The van der Waals surface area contributed by atoms with E-state index >= 15 is 0 Å². The predicted molar refractivity (Wildman–Crippen MR) is 99.4 cm³/mol. The van der Waals surface area contributed by atoms with Gasteiger partial charge < -0.3 is 4.74 Å². The molecule has 7 heteroatoms. The van der Waals surface area contributed by atoms with Crippen molar-refractivity contribution >= 4 is 85.5 Å². The summed E-state index contributed by atoms with van der Waals surface area (Å²) in [6, 6.07) is 4.02. The lowest BCUT2D eigenvalue weighted by Crippen LogP contribution is -2.22. The van der Waals surface area contributed by atoms with Gasteiger partial charge in [-0.05, 0) is 63.4 Å². The van der Waals surface area contributed by atoms with Crippen LogP contribution in [0.5, 0.6) is 5.75 Å². The third kappa shape index (κ3) is 3.24. The van der Waals surface area contributed by atoms with Gasteiger partial charge in [-0.3, -0.25) is 9.69 Å². The number of carbonyl (C=O) groups is 1. The lowest BCUT2D eigenvalue weighted by Gasteiger charge is -2.09. The second-order valence-corrected chi connectivity index (χ2v) is 7.83. The molecule has 0 spiro atoms. The third-order valence-electron chi connectivity index (χ3n) is 2.51. The first kappa shape index (κ1) is 15.5. The Morgan fingerprint density at radius 1 is 1.42 bits per heavy atom. The minimum Gasteiger partial charge on any atom is -0.495 e. The summed E-state index contributed by atoms with van der Waals surface area (Å²) in [6.45, 7) is 0. The molecule has 1 aromatic carbocycles. The van der Waals surface area contributed by atoms with Gasteiger partial charge in [-0.2, -0.15) is 0 Å². The molecule has 0 unspecified atom stereocenters. The fourth-order valence-corrected chi connectivity index (χ4v) is 4.87. The Bertz CT molecular complexity index is 602. The van der Waals surface area contributed by atoms with Crippen molar-refractivity contribution in [3.63, 3.8) is 0 Å². The number of likely N-dealkylation sites (N-methyl/N-ethyl adjacent to an activating group) is 1. The van der Waals surface area contributed by atoms with Gasteiger partial charge in [0.15, 0.2) is 0 Å². The summed E-state index contributed by atoms with van der Waals surface area (Å²) in [5.74, 6) is 0.716. The Labute approximate surface area is 148 Å². The number of rotatable bonds is 2. The summed E-state index contributed by atoms with van der Waals surface area (Å²) in [6.07, 6.45) is 1.84. The van der Waals surface area contributed by atoms with E-state index in [0.29, 0.717) is 9.23 Å². The van der Waals surface area contributed by atoms with Gasteiger partial charge in [0.2, 0.25) is 0 Å². The van der Waals surface area contributed by atoms with Gasteiger partial charge in [-0.15, -0.1) is 0 Å². The summed E-state index contributed by atoms with van der Waals surface area (Å²) < 4.78 is 8.10. The Kier molecular flexibility index (Phi) is 5.12. The van der Waals surface area contributed by atoms with Crippen LogP contribution in [0.25, 0.3) is 6.08 Å². The summed E-state index contributed by atoms with van der Waals surface area (Å²) in [5.41, 5.74) is 0.896. The Morgan fingerprint density at radius 3 is 2.63 bits per heavy atom. The first-order valence-corrected chi connectivity index (χ1v) is 8.57. The number of hydrogen-bond donors (Lipinski definition) is 0. The number of ether oxygens (including phenoxy) is 1. The highest BCUT2D eigenvalue weighted by Crippen LogP contribution is 2.35. The molecule has 1 saturated heterocycles. The van der Waals surface area contributed by atoms with Gasteiger partial charge in [0, 0.05) is 16.2 Å². The molecule has 1 aliphatic heterocycles. The molecular weight excluding hydrogens is 508 g/mol. The number of thioether (sulfide) groups is 1. The maximum atomic E-state index is 12.0. The molecular formula is C12H9I2NO2S2. The first-order chi connectivity index (χ1) is 8.93. The van der Waals surface area contributed by atoms with Gasteiger partial charge >= 0.3 is 0 Å². The summed E-state index contributed by atoms with van der Waals surface area (Å²) in [5, 5.41) is 0. The van der Waals surface area contributed by atoms with Crippen LogP contribution >= 0.6 is 69.2 Å². The second-order valence-electron chi connectivity index (χ2n) is 3.75. The number of halogens is 2. The number of amides is 1. The van der Waals surface area contributed by atoms with E-state index in [9.17, 15) is 4.79 Å². The van der Waals surface area contributed by atoms with Crippen molar-refractivity contribution in [2.24, 2.45) is 0 Å². The molecule has 0 aliphatic carbocycles. The average molecular weight is 517 g/mol. The third-order valence-corrected chi connectivity index (χ3v) is 5.42. The molecule has 1 amide bonds. The van der Waals surface area contributed by atoms with Crippen molar-refractivity contribution in [2.45, 2.75) is 0 Å². The van der Waals surface area contributed by atoms with E-state index < -0.39 is 0 Å². The smallest absolute Gasteiger partial charge is 0.265 e. The van der Waals surface area contributed by atoms with Crippen LogP contribution in [0.3, 0.4) is 0 Å². The highest BCUT2D eigenvalue weighted by atomic mass is 127. The van der Waals surface area contributed by atoms with E-state index in [1.54, 1.807) is 14.2 Å². The SMILES string of the molecule is COc1c(I)cc(I)cc1/C=C1\SC(=S)N(C)C1=O. The lowest BCUT2D eigenvalue weighted by molar-refractivity contribution is -0.121. The van der Waals surface area contributed by atoms with E-state index in [-0.39, 0.29) is 5.91 Å². The molecule has 1 heterocycles. The molecule has 19 heavy (non-hydrogen) atoms. The number of thiocarbonyl (C=S) groups is 1. The topological polar surface area (TPSA) is 29.5 Å². The quantitative estimate of drug-likeness (QED) is 0.340. The van der Waals surface area contributed by atoms with Gasteiger partial charge in [-0.25, -0.2) is 0 Å². The van der Waals surface area contributed by atoms with Crippen LogP contribution in [0.4, 0.5) is 0 Å². The maximum absolute atomic E-state index is 12.0. The number of hydrogen-bond acceptors (Lipinski definition) is 4. The maximum Gasteiger partial charge on any atom is 0.265 e. The zero-order valence-corrected chi connectivity index (χ0v) is 16.0. The first-order valence-electron chi connectivity index (χ1n) is 5.18. The number of benzene rings is 1. The van der Waals surface area contributed by atoms with Crippen LogP contribution in [-0.4, -0.2) is 29.3 Å². The molecule has 2 rings (SSSR count). The summed E-state index contributed by atoms with van der Waals surface area (Å²) >= 11 is 10.9. The van der Waals surface area contributed by atoms with Gasteiger partial charge in [-0.1, -0.05) is 24.0 Å². The van der Waals surface area contributed by atoms with Gasteiger partial charge in [0.1, 0.15) is 10.1 Å². The predicted octanol–water partition coefficient (Wildman–Crippen LogP) is 3.74. The van der Waals surface area contributed by atoms with Crippen LogP contribution in [0.15, 0.2) is 17.0 Å². The highest BCUT2D eigenvalue weighted by Gasteiger charge is 2.29. The van der Waals surface area contributed by atoms with E-state index in [1.807, 2.05) is 18.2 Å². The summed E-state index contributed by atoms with van der Waals surface area (Å²) in [4.78, 5) is 14.1. The molecule has 0 N–H and O–H groups in total. The Morgan fingerprint density at radius 2 is 2.11 bits per heavy atom. The van der Waals surface area contributed by atoms with Crippen molar-refractivity contribution in [3.8, 4) is 5.75 Å². The van der Waals surface area contributed by atoms with Crippen LogP contribution in [0.2, 0.25) is 0 Å². The van der Waals surface area contributed by atoms with Gasteiger partial charge in [0.05, 0.1) is 15.6 Å². The number of nitrogens with zero attached hydrogens (tertiary/aromatic N) is 1. The minimum atomic E-state index is -0.0640. The molecule has 0 bridgehead atoms. The van der Waals surface area contributed by atoms with Crippen molar-refractivity contribution in [1.82, 2.24) is 4.90 Å². The van der Waals surface area contributed by atoms with E-state index in [0.717, 1.165) is 18.5 Å². The molecule has 0 radical (unpaired) electrons. The standard InChI is InChI=1S/C12H9I2NO2S2/c1-15-11(16)9(19-12(15)18)4-6-3-7(13)5-8(14)10(6)17-2/h3-5H,1-2H3/b9-4-. The Hall–Kier alpha value is 0.130. The van der Waals surface area contributed by atoms with E-state index in [4.69, 9.17) is 17.0 Å². The van der Waals surface area contributed by atoms with Crippen LogP contribution in [0.1, 0.15) is 5.56 Å². The van der Waals surface area contributed by atoms with Gasteiger partial charge in [0.25, 0.3) is 5.91 Å². The second kappa shape index (κ2) is 6.27. The van der Waals surface area contributed by atoms with Crippen molar-refractivity contribution < 1.29 is 9.53 Å². The number of methoxy groups -OCH3 is 1. The average Bonchev–Trinajstić information content (AvgIpc) is 2.57. The molecule has 0 aromatic heterocycles. The summed E-state index contributed by atoms with van der Waals surface area (Å²) in [7, 11) is 3.32. The fourth-order valence-electron chi connectivity index (χ4n) is 1.59. The van der Waals surface area contributed by atoms with E-state index in [2.05, 4.69) is 45.2 Å². The molecule has 1 aromatic rings. The van der Waals surface area contributed by atoms with E-state index in [1.165, 1.54) is 16.7 Å². The highest BCUT2D eigenvalue weighted by molar-refractivity contribution is 14.1. The van der Waals surface area contributed by atoms with Crippen molar-refractivity contribution in [2.75, 3.05) is 14.2 Å². The molecule has 1 aliphatic rings. The fraction of sp³-hybridized carbons (Fsp3) is 0.167. The van der Waals surface area contributed by atoms with Crippen LogP contribution in [0, 0.1) is 7.14 Å². The monoisotopic (exact) mass is 517 g/mol. The van der Waals surface area contributed by atoms with Crippen LogP contribution < -0.4 is 4.74 Å². The van der Waals surface area contributed by atoms with Crippen LogP contribution in [-0.2, 0) is 4.79 Å². The normalized spacial score (nSPS) is 17.5. The molecule has 1 fully saturated rings. The number of carbonyl (C=O) groups excluding carboxylic acids is 1. The molecule has 3 nitrogen and oxygen atoms in total. The van der Waals surface area contributed by atoms with Crippen molar-refractivity contribution in [3.05, 3.63) is 29.7 Å². The minimum absolute atomic E-state index is 0.0640. The molecule has 100 valence electrons. The Balaban J connectivity index is 2.49. The lowest BCUT2D eigenvalue weighted by atomic mass is 10.2. The molecule has 0 atom stereocenters.